The Morgan fingerprint density at radius 3 is 2.37 bits per heavy atom. The van der Waals surface area contributed by atoms with Gasteiger partial charge in [-0.1, -0.05) is 32.0 Å². The van der Waals surface area contributed by atoms with E-state index in [0.29, 0.717) is 5.82 Å². The standard InChI is InChI=1S/C15H20N4/c1-3-11-6-5-10(7-12(11)4-2)8-13-9-18-15(17)19-14(13)16/h5-7,9H,3-4,8H2,1-2H3,(H4,16,17,18,19). The van der Waals surface area contributed by atoms with Crippen LogP contribution in [0.1, 0.15) is 36.1 Å². The molecular weight excluding hydrogens is 236 g/mol. The first-order valence-electron chi connectivity index (χ1n) is 6.61. The Bertz CT molecular complexity index is 578. The molecule has 0 aliphatic heterocycles. The van der Waals surface area contributed by atoms with Gasteiger partial charge in [-0.15, -0.1) is 0 Å². The monoisotopic (exact) mass is 256 g/mol. The minimum atomic E-state index is 0.219. The van der Waals surface area contributed by atoms with Crippen LogP contribution in [0.3, 0.4) is 0 Å². The highest BCUT2D eigenvalue weighted by Gasteiger charge is 2.06. The van der Waals surface area contributed by atoms with Gasteiger partial charge in [0.1, 0.15) is 5.82 Å². The number of aromatic nitrogens is 2. The predicted molar refractivity (Wildman–Crippen MR) is 78.9 cm³/mol. The first kappa shape index (κ1) is 13.3. The molecule has 4 nitrogen and oxygen atoms in total. The summed E-state index contributed by atoms with van der Waals surface area (Å²) in [5.41, 5.74) is 16.3. The van der Waals surface area contributed by atoms with E-state index in [0.717, 1.165) is 24.8 Å². The van der Waals surface area contributed by atoms with Gasteiger partial charge in [0.25, 0.3) is 0 Å². The lowest BCUT2D eigenvalue weighted by atomic mass is 9.97. The Morgan fingerprint density at radius 2 is 1.74 bits per heavy atom. The molecule has 0 radical (unpaired) electrons. The van der Waals surface area contributed by atoms with Crippen LogP contribution in [-0.4, -0.2) is 9.97 Å². The quantitative estimate of drug-likeness (QED) is 0.880. The van der Waals surface area contributed by atoms with Gasteiger partial charge in [-0.05, 0) is 29.5 Å². The molecule has 0 aliphatic carbocycles. The minimum Gasteiger partial charge on any atom is -0.383 e. The van der Waals surface area contributed by atoms with Gasteiger partial charge in [0.15, 0.2) is 0 Å². The van der Waals surface area contributed by atoms with Crippen molar-refractivity contribution in [3.63, 3.8) is 0 Å². The average Bonchev–Trinajstić information content (AvgIpc) is 2.41. The summed E-state index contributed by atoms with van der Waals surface area (Å²) in [4.78, 5) is 7.99. The van der Waals surface area contributed by atoms with Crippen molar-refractivity contribution in [1.29, 1.82) is 0 Å². The molecule has 1 heterocycles. The summed E-state index contributed by atoms with van der Waals surface area (Å²) in [6.45, 7) is 4.36. The second-order valence-corrected chi connectivity index (χ2v) is 4.63. The number of benzene rings is 1. The fourth-order valence-electron chi connectivity index (χ4n) is 2.25. The maximum atomic E-state index is 5.86. The lowest BCUT2D eigenvalue weighted by molar-refractivity contribution is 1.02. The van der Waals surface area contributed by atoms with Gasteiger partial charge >= 0.3 is 0 Å². The predicted octanol–water partition coefficient (Wildman–Crippen LogP) is 2.36. The Morgan fingerprint density at radius 1 is 1.00 bits per heavy atom. The molecule has 0 saturated heterocycles. The highest BCUT2D eigenvalue weighted by atomic mass is 15.0. The van der Waals surface area contributed by atoms with Gasteiger partial charge in [0.05, 0.1) is 0 Å². The van der Waals surface area contributed by atoms with Crippen LogP contribution in [0.25, 0.3) is 0 Å². The molecule has 1 aromatic heterocycles. The van der Waals surface area contributed by atoms with Crippen molar-refractivity contribution in [1.82, 2.24) is 9.97 Å². The molecule has 4 N–H and O–H groups in total. The zero-order chi connectivity index (χ0) is 13.8. The highest BCUT2D eigenvalue weighted by Crippen LogP contribution is 2.18. The second-order valence-electron chi connectivity index (χ2n) is 4.63. The summed E-state index contributed by atoms with van der Waals surface area (Å²) in [5, 5.41) is 0. The summed E-state index contributed by atoms with van der Waals surface area (Å²) >= 11 is 0. The lowest BCUT2D eigenvalue weighted by Crippen LogP contribution is -2.04. The number of nitrogen functional groups attached to an aromatic ring is 2. The van der Waals surface area contributed by atoms with E-state index >= 15 is 0 Å². The van der Waals surface area contributed by atoms with Crippen molar-refractivity contribution in [3.05, 3.63) is 46.6 Å². The van der Waals surface area contributed by atoms with Crippen molar-refractivity contribution in [2.24, 2.45) is 0 Å². The van der Waals surface area contributed by atoms with E-state index in [4.69, 9.17) is 11.5 Å². The van der Waals surface area contributed by atoms with Crippen LogP contribution in [0.15, 0.2) is 24.4 Å². The smallest absolute Gasteiger partial charge is 0.221 e. The molecule has 19 heavy (non-hydrogen) atoms. The van der Waals surface area contributed by atoms with Crippen molar-refractivity contribution in [2.45, 2.75) is 33.1 Å². The van der Waals surface area contributed by atoms with Crippen LogP contribution >= 0.6 is 0 Å². The zero-order valence-corrected chi connectivity index (χ0v) is 11.5. The Kier molecular flexibility index (Phi) is 4.00. The highest BCUT2D eigenvalue weighted by molar-refractivity contribution is 5.45. The number of aryl methyl sites for hydroxylation is 2. The molecule has 100 valence electrons. The number of hydrogen-bond donors (Lipinski definition) is 2. The molecule has 0 unspecified atom stereocenters. The average molecular weight is 256 g/mol. The summed E-state index contributed by atoms with van der Waals surface area (Å²) in [6, 6.07) is 6.59. The van der Waals surface area contributed by atoms with E-state index < -0.39 is 0 Å². The van der Waals surface area contributed by atoms with Gasteiger partial charge in [0.2, 0.25) is 5.95 Å². The Balaban J connectivity index is 2.28. The van der Waals surface area contributed by atoms with Crippen LogP contribution in [0.4, 0.5) is 11.8 Å². The van der Waals surface area contributed by atoms with Crippen LogP contribution in [0.2, 0.25) is 0 Å². The Hall–Kier alpha value is -2.10. The molecule has 0 fully saturated rings. The number of anilines is 2. The van der Waals surface area contributed by atoms with Crippen molar-refractivity contribution >= 4 is 11.8 Å². The largest absolute Gasteiger partial charge is 0.383 e. The third-order valence-electron chi connectivity index (χ3n) is 3.34. The van der Waals surface area contributed by atoms with Crippen molar-refractivity contribution in [3.8, 4) is 0 Å². The number of rotatable bonds is 4. The normalized spacial score (nSPS) is 10.6. The van der Waals surface area contributed by atoms with Gasteiger partial charge in [-0.3, -0.25) is 0 Å². The summed E-state index contributed by atoms with van der Waals surface area (Å²) in [5.74, 6) is 0.682. The van der Waals surface area contributed by atoms with E-state index in [1.165, 1.54) is 16.7 Å². The fraction of sp³-hybridized carbons (Fsp3) is 0.333. The fourth-order valence-corrected chi connectivity index (χ4v) is 2.25. The molecule has 1 aromatic carbocycles. The lowest BCUT2D eigenvalue weighted by Gasteiger charge is -2.10. The molecule has 0 bridgehead atoms. The van der Waals surface area contributed by atoms with Crippen molar-refractivity contribution in [2.75, 3.05) is 11.5 Å². The number of hydrogen-bond acceptors (Lipinski definition) is 4. The van der Waals surface area contributed by atoms with Crippen LogP contribution in [0.5, 0.6) is 0 Å². The van der Waals surface area contributed by atoms with Gasteiger partial charge in [0, 0.05) is 18.2 Å². The van der Waals surface area contributed by atoms with E-state index in [1.807, 2.05) is 0 Å². The Labute approximate surface area is 113 Å². The zero-order valence-electron chi connectivity index (χ0n) is 11.5. The van der Waals surface area contributed by atoms with E-state index in [-0.39, 0.29) is 5.95 Å². The number of nitrogens with zero attached hydrogens (tertiary/aromatic N) is 2. The maximum absolute atomic E-state index is 5.86. The number of nitrogens with two attached hydrogens (primary N) is 2. The van der Waals surface area contributed by atoms with Crippen LogP contribution in [-0.2, 0) is 19.3 Å². The molecule has 0 saturated carbocycles. The van der Waals surface area contributed by atoms with Gasteiger partial charge in [-0.25, -0.2) is 4.98 Å². The first-order valence-corrected chi connectivity index (χ1v) is 6.61. The van der Waals surface area contributed by atoms with E-state index in [9.17, 15) is 0 Å². The third kappa shape index (κ3) is 3.02. The summed E-state index contributed by atoms with van der Waals surface area (Å²) < 4.78 is 0. The van der Waals surface area contributed by atoms with Crippen LogP contribution in [0, 0.1) is 0 Å². The maximum Gasteiger partial charge on any atom is 0.221 e. The second kappa shape index (κ2) is 5.69. The van der Waals surface area contributed by atoms with E-state index in [1.54, 1.807) is 6.20 Å². The molecule has 0 spiro atoms. The van der Waals surface area contributed by atoms with Gasteiger partial charge < -0.3 is 11.5 Å². The van der Waals surface area contributed by atoms with Crippen LogP contribution < -0.4 is 11.5 Å². The minimum absolute atomic E-state index is 0.219. The van der Waals surface area contributed by atoms with Gasteiger partial charge in [-0.2, -0.15) is 4.98 Å². The van der Waals surface area contributed by atoms with E-state index in [2.05, 4.69) is 42.0 Å². The molecular formula is C15H20N4. The molecule has 0 amide bonds. The molecule has 0 aliphatic rings. The first-order chi connectivity index (χ1) is 9.13. The SMILES string of the molecule is CCc1ccc(Cc2cnc(N)nc2N)cc1CC. The molecule has 4 heteroatoms. The topological polar surface area (TPSA) is 77.8 Å². The molecule has 2 aromatic rings. The third-order valence-corrected chi connectivity index (χ3v) is 3.34. The molecule has 2 rings (SSSR count). The summed E-state index contributed by atoms with van der Waals surface area (Å²) in [6.07, 6.45) is 4.56. The summed E-state index contributed by atoms with van der Waals surface area (Å²) in [7, 11) is 0. The van der Waals surface area contributed by atoms with Crippen molar-refractivity contribution < 1.29 is 0 Å². The molecule has 0 atom stereocenters.